The van der Waals surface area contributed by atoms with Crippen LogP contribution in [0, 0.1) is 10.1 Å². The minimum Gasteiger partial charge on any atom is -0.350 e. The molecule has 10 heteroatoms. The van der Waals surface area contributed by atoms with Gasteiger partial charge in [0.2, 0.25) is 0 Å². The van der Waals surface area contributed by atoms with E-state index in [0.29, 0.717) is 29.2 Å². The number of rotatable bonds is 7. The van der Waals surface area contributed by atoms with Gasteiger partial charge in [-0.05, 0) is 41.6 Å². The van der Waals surface area contributed by atoms with Gasteiger partial charge in [-0.15, -0.1) is 0 Å². The minimum atomic E-state index is -0.483. The van der Waals surface area contributed by atoms with Gasteiger partial charge in [0, 0.05) is 41.4 Å². The molecule has 0 saturated heterocycles. The van der Waals surface area contributed by atoms with Crippen molar-refractivity contribution in [1.29, 1.82) is 0 Å². The minimum absolute atomic E-state index is 0.0203. The lowest BCUT2D eigenvalue weighted by Gasteiger charge is -2.05. The zero-order valence-corrected chi connectivity index (χ0v) is 14.6. The molecule has 0 fully saturated rings. The second-order valence-corrected chi connectivity index (χ2v) is 5.85. The molecule has 2 N–H and O–H groups in total. The van der Waals surface area contributed by atoms with Gasteiger partial charge in [0.05, 0.1) is 4.92 Å². The van der Waals surface area contributed by atoms with E-state index in [4.69, 9.17) is 16.1 Å². The number of amides is 1. The number of hydrogen-bond donors (Lipinski definition) is 2. The monoisotopic (exact) mass is 387 g/mol. The second-order valence-electron chi connectivity index (χ2n) is 5.42. The van der Waals surface area contributed by atoms with Crippen LogP contribution in [-0.2, 0) is 0 Å². The normalized spacial score (nSPS) is 10.4. The molecule has 138 valence electrons. The van der Waals surface area contributed by atoms with Gasteiger partial charge in [0.1, 0.15) is 0 Å². The largest absolute Gasteiger partial charge is 0.350 e. The van der Waals surface area contributed by atoms with Crippen LogP contribution in [0.5, 0.6) is 0 Å². The molecule has 2 aromatic carbocycles. The molecule has 1 amide bonds. The molecule has 0 radical (unpaired) electrons. The molecule has 3 aromatic rings. The Hall–Kier alpha value is -3.46. The van der Waals surface area contributed by atoms with E-state index < -0.39 is 4.92 Å². The lowest BCUT2D eigenvalue weighted by atomic mass is 10.2. The average Bonchev–Trinajstić information content (AvgIpc) is 3.14. The molecule has 0 aliphatic heterocycles. The van der Waals surface area contributed by atoms with Gasteiger partial charge < -0.3 is 15.2 Å². The summed E-state index contributed by atoms with van der Waals surface area (Å²) >= 11 is 5.78. The average molecular weight is 388 g/mol. The molecular formula is C17H14ClN5O4. The van der Waals surface area contributed by atoms with Crippen LogP contribution in [0.3, 0.4) is 0 Å². The van der Waals surface area contributed by atoms with E-state index >= 15 is 0 Å². The van der Waals surface area contributed by atoms with E-state index in [9.17, 15) is 14.9 Å². The number of carbonyl (C=O) groups is 1. The van der Waals surface area contributed by atoms with Gasteiger partial charge in [-0.2, -0.15) is 4.98 Å². The van der Waals surface area contributed by atoms with Crippen LogP contribution in [0.25, 0.3) is 11.5 Å². The first kappa shape index (κ1) is 18.3. The Morgan fingerprint density at radius 1 is 1.11 bits per heavy atom. The van der Waals surface area contributed by atoms with Crippen molar-refractivity contribution in [3.8, 4) is 11.5 Å². The summed E-state index contributed by atoms with van der Waals surface area (Å²) in [5.41, 5.74) is 1.06. The molecule has 0 aliphatic rings. The van der Waals surface area contributed by atoms with E-state index in [2.05, 4.69) is 20.8 Å². The first-order chi connectivity index (χ1) is 13.0. The number of benzene rings is 2. The molecule has 9 nitrogen and oxygen atoms in total. The van der Waals surface area contributed by atoms with Crippen molar-refractivity contribution >= 4 is 29.1 Å². The van der Waals surface area contributed by atoms with Crippen LogP contribution in [0.1, 0.15) is 10.4 Å². The lowest BCUT2D eigenvalue weighted by molar-refractivity contribution is -0.384. The summed E-state index contributed by atoms with van der Waals surface area (Å²) < 4.78 is 5.12. The number of non-ortho nitro benzene ring substituents is 1. The number of carbonyl (C=O) groups excluding carboxylic acids is 1. The maximum atomic E-state index is 12.0. The highest BCUT2D eigenvalue weighted by Gasteiger charge is 2.11. The molecule has 0 unspecified atom stereocenters. The Labute approximate surface area is 158 Å². The number of aromatic nitrogens is 2. The number of anilines is 1. The maximum absolute atomic E-state index is 12.0. The van der Waals surface area contributed by atoms with Crippen molar-refractivity contribution in [1.82, 2.24) is 15.5 Å². The Kier molecular flexibility index (Phi) is 5.62. The topological polar surface area (TPSA) is 123 Å². The Morgan fingerprint density at radius 3 is 2.48 bits per heavy atom. The zero-order valence-electron chi connectivity index (χ0n) is 13.9. The van der Waals surface area contributed by atoms with Crippen molar-refractivity contribution in [3.63, 3.8) is 0 Å². The predicted octanol–water partition coefficient (Wildman–Crippen LogP) is 3.14. The summed E-state index contributed by atoms with van der Waals surface area (Å²) in [7, 11) is 0. The standard InChI is InChI=1S/C17H14ClN5O4/c18-13-5-1-11(2-6-13)15(24)19-9-10-20-17-21-16(27-22-17)12-3-7-14(8-4-12)23(25)26/h1-8H,9-10H2,(H,19,24)(H,20,22). The molecule has 1 heterocycles. The molecule has 1 aromatic heterocycles. The summed E-state index contributed by atoms with van der Waals surface area (Å²) in [4.78, 5) is 26.3. The summed E-state index contributed by atoms with van der Waals surface area (Å²) in [6.07, 6.45) is 0. The third-order valence-corrected chi connectivity index (χ3v) is 3.80. The van der Waals surface area contributed by atoms with Gasteiger partial charge >= 0.3 is 0 Å². The fourth-order valence-corrected chi connectivity index (χ4v) is 2.32. The number of hydrogen-bond acceptors (Lipinski definition) is 7. The SMILES string of the molecule is O=C(NCCNc1noc(-c2ccc([N+](=O)[O-])cc2)n1)c1ccc(Cl)cc1. The second kappa shape index (κ2) is 8.28. The number of nitro groups is 1. The Balaban J connectivity index is 1.49. The van der Waals surface area contributed by atoms with E-state index in [1.54, 1.807) is 24.3 Å². The quantitative estimate of drug-likeness (QED) is 0.362. The molecule has 0 bridgehead atoms. The lowest BCUT2D eigenvalue weighted by Crippen LogP contribution is -2.28. The van der Waals surface area contributed by atoms with E-state index in [1.165, 1.54) is 24.3 Å². The fraction of sp³-hybridized carbons (Fsp3) is 0.118. The van der Waals surface area contributed by atoms with Crippen molar-refractivity contribution in [2.45, 2.75) is 0 Å². The maximum Gasteiger partial charge on any atom is 0.269 e. The molecule has 0 saturated carbocycles. The van der Waals surface area contributed by atoms with Crippen molar-refractivity contribution < 1.29 is 14.2 Å². The Morgan fingerprint density at radius 2 is 1.81 bits per heavy atom. The highest BCUT2D eigenvalue weighted by molar-refractivity contribution is 6.30. The van der Waals surface area contributed by atoms with Crippen LogP contribution in [-0.4, -0.2) is 34.1 Å². The van der Waals surface area contributed by atoms with Gasteiger partial charge in [-0.1, -0.05) is 11.6 Å². The summed E-state index contributed by atoms with van der Waals surface area (Å²) in [6, 6.07) is 12.4. The van der Waals surface area contributed by atoms with Crippen molar-refractivity contribution in [2.75, 3.05) is 18.4 Å². The van der Waals surface area contributed by atoms with Crippen molar-refractivity contribution in [2.24, 2.45) is 0 Å². The summed E-state index contributed by atoms with van der Waals surface area (Å²) in [6.45, 7) is 0.738. The van der Waals surface area contributed by atoms with Crippen molar-refractivity contribution in [3.05, 3.63) is 69.2 Å². The van der Waals surface area contributed by atoms with E-state index in [1.807, 2.05) is 0 Å². The molecular weight excluding hydrogens is 374 g/mol. The predicted molar refractivity (Wildman–Crippen MR) is 98.7 cm³/mol. The third kappa shape index (κ3) is 4.79. The number of nitrogens with zero attached hydrogens (tertiary/aromatic N) is 3. The van der Waals surface area contributed by atoms with Gasteiger partial charge in [0.15, 0.2) is 0 Å². The van der Waals surface area contributed by atoms with E-state index in [0.717, 1.165) is 0 Å². The summed E-state index contributed by atoms with van der Waals surface area (Å²) in [5, 5.41) is 20.7. The molecule has 0 spiro atoms. The van der Waals surface area contributed by atoms with Crippen LogP contribution in [0.4, 0.5) is 11.6 Å². The van der Waals surface area contributed by atoms with Crippen LogP contribution >= 0.6 is 11.6 Å². The fourth-order valence-electron chi connectivity index (χ4n) is 2.19. The highest BCUT2D eigenvalue weighted by atomic mass is 35.5. The summed E-state index contributed by atoms with van der Waals surface area (Å²) in [5.74, 6) is 0.273. The first-order valence-corrected chi connectivity index (χ1v) is 8.27. The molecule has 27 heavy (non-hydrogen) atoms. The van der Waals surface area contributed by atoms with Gasteiger partial charge in [-0.25, -0.2) is 0 Å². The van der Waals surface area contributed by atoms with Gasteiger partial charge in [-0.3, -0.25) is 14.9 Å². The molecule has 0 atom stereocenters. The molecule has 0 aliphatic carbocycles. The smallest absolute Gasteiger partial charge is 0.269 e. The third-order valence-electron chi connectivity index (χ3n) is 3.55. The molecule has 3 rings (SSSR count). The Bertz CT molecular complexity index is 941. The number of halogens is 1. The number of nitro benzene ring substituents is 1. The van der Waals surface area contributed by atoms with Crippen LogP contribution in [0.2, 0.25) is 5.02 Å². The zero-order chi connectivity index (χ0) is 19.2. The highest BCUT2D eigenvalue weighted by Crippen LogP contribution is 2.21. The van der Waals surface area contributed by atoms with Crippen LogP contribution in [0.15, 0.2) is 53.1 Å². The van der Waals surface area contributed by atoms with Gasteiger partial charge in [0.25, 0.3) is 23.4 Å². The van der Waals surface area contributed by atoms with Crippen LogP contribution < -0.4 is 10.6 Å². The van der Waals surface area contributed by atoms with E-state index in [-0.39, 0.29) is 23.4 Å². The first-order valence-electron chi connectivity index (χ1n) is 7.89. The number of nitrogens with one attached hydrogen (secondary N) is 2.